The van der Waals surface area contributed by atoms with Crippen molar-refractivity contribution in [2.45, 2.75) is 43.9 Å². The maximum atomic E-state index is 12.5. The number of methoxy groups -OCH3 is 1. The average molecular weight is 420 g/mol. The highest BCUT2D eigenvalue weighted by molar-refractivity contribution is 5.85. The summed E-state index contributed by atoms with van der Waals surface area (Å²) in [5.74, 6) is 0.837. The molecular weight excluding hydrogens is 389 g/mol. The Kier molecular flexibility index (Phi) is 10.4. The van der Waals surface area contributed by atoms with Crippen LogP contribution >= 0.6 is 24.8 Å². The Morgan fingerprint density at radius 3 is 2.63 bits per heavy atom. The lowest BCUT2D eigenvalue weighted by Gasteiger charge is -2.29. The summed E-state index contributed by atoms with van der Waals surface area (Å²) >= 11 is 0. The highest BCUT2D eigenvalue weighted by Gasteiger charge is 2.31. The van der Waals surface area contributed by atoms with E-state index in [9.17, 15) is 4.79 Å². The van der Waals surface area contributed by atoms with Crippen LogP contribution in [0.25, 0.3) is 0 Å². The van der Waals surface area contributed by atoms with Gasteiger partial charge in [-0.1, -0.05) is 18.2 Å². The first kappa shape index (κ1) is 24.0. The van der Waals surface area contributed by atoms with Crippen molar-refractivity contribution < 1.29 is 14.3 Å². The van der Waals surface area contributed by atoms with Gasteiger partial charge in [-0.2, -0.15) is 0 Å². The van der Waals surface area contributed by atoms with Crippen molar-refractivity contribution >= 4 is 30.7 Å². The van der Waals surface area contributed by atoms with E-state index in [4.69, 9.17) is 15.2 Å². The number of nitrogens with one attached hydrogen (secondary N) is 1. The van der Waals surface area contributed by atoms with Gasteiger partial charge in [0.2, 0.25) is 5.91 Å². The Balaban J connectivity index is 0.00000182. The van der Waals surface area contributed by atoms with E-state index < -0.39 is 0 Å². The number of benzene rings is 1. The molecule has 1 amide bonds. The van der Waals surface area contributed by atoms with Crippen LogP contribution in [0, 0.1) is 0 Å². The molecule has 154 valence electrons. The topological polar surface area (TPSA) is 76.8 Å². The first-order valence-electron chi connectivity index (χ1n) is 9.23. The Bertz CT molecular complexity index is 585. The molecule has 1 aromatic rings. The largest absolute Gasteiger partial charge is 0.496 e. The van der Waals surface area contributed by atoms with Gasteiger partial charge in [0.05, 0.1) is 19.3 Å². The minimum absolute atomic E-state index is 0. The van der Waals surface area contributed by atoms with Gasteiger partial charge >= 0.3 is 0 Å². The van der Waals surface area contributed by atoms with E-state index in [1.165, 1.54) is 12.8 Å². The molecule has 2 fully saturated rings. The molecule has 2 heterocycles. The maximum Gasteiger partial charge on any atom is 0.249 e. The molecule has 8 heteroatoms. The average Bonchev–Trinajstić information content (AvgIpc) is 3.34. The van der Waals surface area contributed by atoms with Crippen LogP contribution < -0.4 is 15.8 Å². The zero-order valence-electron chi connectivity index (χ0n) is 15.8. The number of carbonyl (C=O) groups excluding carboxylic acids is 1. The number of likely N-dealkylation sites (tertiary alicyclic amines) is 1. The van der Waals surface area contributed by atoms with Crippen LogP contribution in [0.1, 0.15) is 37.3 Å². The highest BCUT2D eigenvalue weighted by Crippen LogP contribution is 2.31. The summed E-state index contributed by atoms with van der Waals surface area (Å²) < 4.78 is 11.2. The summed E-state index contributed by atoms with van der Waals surface area (Å²) in [5.41, 5.74) is 6.76. The number of amides is 1. The minimum atomic E-state index is -0.370. The molecular formula is C19H31Cl2N3O3. The quantitative estimate of drug-likeness (QED) is 0.708. The van der Waals surface area contributed by atoms with Gasteiger partial charge in [0, 0.05) is 18.7 Å². The lowest BCUT2D eigenvalue weighted by Crippen LogP contribution is -2.41. The predicted octanol–water partition coefficient (Wildman–Crippen LogP) is 2.30. The maximum absolute atomic E-state index is 12.5. The number of hydrogen-bond acceptors (Lipinski definition) is 5. The molecule has 0 radical (unpaired) electrons. The number of ether oxygens (including phenoxy) is 2. The van der Waals surface area contributed by atoms with Crippen molar-refractivity contribution in [1.82, 2.24) is 10.2 Å². The van der Waals surface area contributed by atoms with Crippen molar-refractivity contribution in [3.05, 3.63) is 29.8 Å². The highest BCUT2D eigenvalue weighted by atomic mass is 35.5. The summed E-state index contributed by atoms with van der Waals surface area (Å²) in [4.78, 5) is 14.9. The number of nitrogens with zero attached hydrogens (tertiary/aromatic N) is 1. The predicted molar refractivity (Wildman–Crippen MR) is 111 cm³/mol. The normalized spacial score (nSPS) is 23.2. The van der Waals surface area contributed by atoms with Crippen LogP contribution in [0.3, 0.4) is 0 Å². The minimum Gasteiger partial charge on any atom is -0.496 e. The fourth-order valence-electron chi connectivity index (χ4n) is 3.81. The van der Waals surface area contributed by atoms with Crippen LogP contribution in [0.15, 0.2) is 24.3 Å². The number of nitrogens with two attached hydrogens (primary N) is 1. The number of carbonyl (C=O) groups is 1. The zero-order valence-corrected chi connectivity index (χ0v) is 17.4. The van der Waals surface area contributed by atoms with Crippen LogP contribution in [-0.4, -0.2) is 56.3 Å². The van der Waals surface area contributed by atoms with E-state index in [-0.39, 0.29) is 49.0 Å². The second-order valence-corrected chi connectivity index (χ2v) is 6.81. The Morgan fingerprint density at radius 1 is 1.30 bits per heavy atom. The van der Waals surface area contributed by atoms with Gasteiger partial charge in [-0.15, -0.1) is 24.8 Å². The molecule has 3 rings (SSSR count). The monoisotopic (exact) mass is 419 g/mol. The molecule has 0 saturated carbocycles. The van der Waals surface area contributed by atoms with Gasteiger partial charge in [0.15, 0.2) is 0 Å². The Labute approximate surface area is 174 Å². The second kappa shape index (κ2) is 11.7. The second-order valence-electron chi connectivity index (χ2n) is 6.81. The number of rotatable bonds is 7. The molecule has 0 spiro atoms. The molecule has 3 atom stereocenters. The van der Waals surface area contributed by atoms with Crippen molar-refractivity contribution in [3.8, 4) is 5.75 Å². The summed E-state index contributed by atoms with van der Waals surface area (Å²) in [7, 11) is 1.69. The molecule has 1 unspecified atom stereocenters. The van der Waals surface area contributed by atoms with Gasteiger partial charge in [-0.25, -0.2) is 0 Å². The number of para-hydroxylation sites is 1. The van der Waals surface area contributed by atoms with Crippen molar-refractivity contribution in [1.29, 1.82) is 0 Å². The van der Waals surface area contributed by atoms with Crippen LogP contribution in [-0.2, 0) is 9.53 Å². The molecule has 2 aliphatic heterocycles. The molecule has 0 bridgehead atoms. The van der Waals surface area contributed by atoms with E-state index >= 15 is 0 Å². The van der Waals surface area contributed by atoms with Gasteiger partial charge < -0.3 is 20.5 Å². The lowest BCUT2D eigenvalue weighted by atomic mass is 10.0. The third-order valence-electron chi connectivity index (χ3n) is 5.21. The van der Waals surface area contributed by atoms with E-state index in [1.54, 1.807) is 7.11 Å². The fourth-order valence-corrected chi connectivity index (χ4v) is 3.81. The van der Waals surface area contributed by atoms with Crippen LogP contribution in [0.2, 0.25) is 0 Å². The van der Waals surface area contributed by atoms with E-state index in [0.29, 0.717) is 13.1 Å². The summed E-state index contributed by atoms with van der Waals surface area (Å²) in [6, 6.07) is 8.18. The Morgan fingerprint density at radius 2 is 2.00 bits per heavy atom. The first-order valence-corrected chi connectivity index (χ1v) is 9.23. The standard InChI is InChI=1S/C19H29N3O3.2ClH/c1-24-17-7-3-2-6-15(17)16(22-10-4-5-11-22)13-21-19(23)18-9-8-14(12-20)25-18;;/h2-3,6-7,14,16,18H,4-5,8-13,20H2,1H3,(H,21,23);2*1H/t14-,16?,18+;;/m1../s1. The first-order chi connectivity index (χ1) is 12.2. The van der Waals surface area contributed by atoms with Crippen LogP contribution in [0.4, 0.5) is 0 Å². The smallest absolute Gasteiger partial charge is 0.249 e. The molecule has 0 aliphatic carbocycles. The summed E-state index contributed by atoms with van der Waals surface area (Å²) in [6.07, 6.45) is 3.64. The SMILES string of the molecule is COc1ccccc1C(CNC(=O)[C@@H]1CC[C@H](CN)O1)N1CCCC1.Cl.Cl. The Hall–Kier alpha value is -1.05. The van der Waals surface area contributed by atoms with Gasteiger partial charge in [0.25, 0.3) is 0 Å². The van der Waals surface area contributed by atoms with Gasteiger partial charge in [0.1, 0.15) is 11.9 Å². The lowest BCUT2D eigenvalue weighted by molar-refractivity contribution is -0.132. The van der Waals surface area contributed by atoms with Gasteiger partial charge in [-0.3, -0.25) is 9.69 Å². The number of halogens is 2. The zero-order chi connectivity index (χ0) is 17.6. The summed E-state index contributed by atoms with van der Waals surface area (Å²) in [6.45, 7) is 3.13. The van der Waals surface area contributed by atoms with Gasteiger partial charge in [-0.05, 0) is 44.8 Å². The van der Waals surface area contributed by atoms with Crippen LogP contribution in [0.5, 0.6) is 5.75 Å². The molecule has 1 aromatic carbocycles. The third kappa shape index (κ3) is 5.96. The summed E-state index contributed by atoms with van der Waals surface area (Å²) in [5, 5.41) is 3.09. The molecule has 2 saturated heterocycles. The van der Waals surface area contributed by atoms with Crippen molar-refractivity contribution in [3.63, 3.8) is 0 Å². The number of hydrogen-bond donors (Lipinski definition) is 2. The molecule has 2 aliphatic rings. The molecule has 6 nitrogen and oxygen atoms in total. The van der Waals surface area contributed by atoms with Crippen molar-refractivity contribution in [2.75, 3.05) is 33.3 Å². The molecule has 0 aromatic heterocycles. The van der Waals surface area contributed by atoms with Crippen molar-refractivity contribution in [2.24, 2.45) is 5.73 Å². The molecule has 27 heavy (non-hydrogen) atoms. The van der Waals surface area contributed by atoms with E-state index in [2.05, 4.69) is 16.3 Å². The fraction of sp³-hybridized carbons (Fsp3) is 0.632. The van der Waals surface area contributed by atoms with E-state index in [0.717, 1.165) is 37.2 Å². The molecule has 3 N–H and O–H groups in total. The third-order valence-corrected chi connectivity index (χ3v) is 5.21. The van der Waals surface area contributed by atoms with E-state index in [1.807, 2.05) is 18.2 Å².